The Kier molecular flexibility index (Phi) is 5.07. The lowest BCUT2D eigenvalue weighted by Gasteiger charge is -2.22. The molecule has 0 amide bonds. The predicted octanol–water partition coefficient (Wildman–Crippen LogP) is 5.74. The van der Waals surface area contributed by atoms with Crippen LogP contribution in [0.15, 0.2) is 84.9 Å². The molecule has 26 heavy (non-hydrogen) atoms. The zero-order chi connectivity index (χ0) is 18.6. The van der Waals surface area contributed by atoms with Crippen LogP contribution in [0, 0.1) is 0 Å². The van der Waals surface area contributed by atoms with Gasteiger partial charge in [0.25, 0.3) is 0 Å². The fourth-order valence-electron chi connectivity index (χ4n) is 2.73. The van der Waals surface area contributed by atoms with Gasteiger partial charge in [0, 0.05) is 11.3 Å². The van der Waals surface area contributed by atoms with E-state index in [-0.39, 0.29) is 11.5 Å². The number of benzene rings is 3. The molecule has 5 heteroatoms. The molecule has 1 unspecified atom stereocenters. The van der Waals surface area contributed by atoms with E-state index in [0.29, 0.717) is 11.1 Å². The van der Waals surface area contributed by atoms with Crippen molar-refractivity contribution in [3.63, 3.8) is 0 Å². The van der Waals surface area contributed by atoms with Gasteiger partial charge in [0.05, 0.1) is 5.56 Å². The third kappa shape index (κ3) is 3.94. The van der Waals surface area contributed by atoms with Crippen molar-refractivity contribution in [2.45, 2.75) is 12.2 Å². The normalized spacial score (nSPS) is 12.4. The number of nitrogens with one attached hydrogen (secondary N) is 1. The number of Topliss-reactive ketones (excluding diaryl/α,β-unsaturated/α-hetero) is 1. The molecule has 132 valence electrons. The highest BCUT2D eigenvalue weighted by Crippen LogP contribution is 2.36. The molecule has 3 rings (SSSR count). The molecule has 0 heterocycles. The molecule has 1 atom stereocenters. The van der Waals surface area contributed by atoms with Crippen molar-refractivity contribution in [1.29, 1.82) is 0 Å². The Morgan fingerprint density at radius 1 is 0.769 bits per heavy atom. The number of anilines is 1. The van der Waals surface area contributed by atoms with Crippen molar-refractivity contribution >= 4 is 11.5 Å². The minimum atomic E-state index is -4.51. The highest BCUT2D eigenvalue weighted by molar-refractivity contribution is 6.02. The van der Waals surface area contributed by atoms with E-state index in [1.807, 2.05) is 0 Å². The van der Waals surface area contributed by atoms with Crippen LogP contribution in [0.3, 0.4) is 0 Å². The van der Waals surface area contributed by atoms with Gasteiger partial charge in [-0.3, -0.25) is 4.79 Å². The molecular weight excluding hydrogens is 339 g/mol. The number of carbonyl (C=O) groups excluding carboxylic acids is 1. The maximum Gasteiger partial charge on any atom is 0.418 e. The molecule has 0 aromatic heterocycles. The molecule has 0 saturated heterocycles. The van der Waals surface area contributed by atoms with E-state index in [2.05, 4.69) is 5.32 Å². The Labute approximate surface area is 149 Å². The first-order valence-corrected chi connectivity index (χ1v) is 8.04. The van der Waals surface area contributed by atoms with Crippen LogP contribution in [0.1, 0.15) is 27.5 Å². The number of para-hydroxylation sites is 1. The van der Waals surface area contributed by atoms with Crippen molar-refractivity contribution in [2.24, 2.45) is 0 Å². The molecule has 0 aliphatic rings. The Hall–Kier alpha value is -3.08. The molecular formula is C21H16F3NO. The average Bonchev–Trinajstić information content (AvgIpc) is 2.66. The van der Waals surface area contributed by atoms with E-state index in [1.54, 1.807) is 60.7 Å². The van der Waals surface area contributed by atoms with Crippen LogP contribution in [0.5, 0.6) is 0 Å². The smallest absolute Gasteiger partial charge is 0.371 e. The van der Waals surface area contributed by atoms with Gasteiger partial charge in [-0.15, -0.1) is 0 Å². The number of ketones is 1. The van der Waals surface area contributed by atoms with Crippen LogP contribution in [0.4, 0.5) is 18.9 Å². The van der Waals surface area contributed by atoms with Crippen LogP contribution >= 0.6 is 0 Å². The first kappa shape index (κ1) is 17.7. The van der Waals surface area contributed by atoms with Gasteiger partial charge >= 0.3 is 6.18 Å². The quantitative estimate of drug-likeness (QED) is 0.591. The van der Waals surface area contributed by atoms with E-state index in [1.165, 1.54) is 18.2 Å². The molecule has 0 fully saturated rings. The standard InChI is InChI=1S/C21H16F3NO/c22-21(23,24)17-13-7-8-14-18(17)25-19(15-9-3-1-4-10-15)20(26)16-11-5-2-6-12-16/h1-14,19,25H. The summed E-state index contributed by atoms with van der Waals surface area (Å²) in [6, 6.07) is 21.5. The predicted molar refractivity (Wildman–Crippen MR) is 95.0 cm³/mol. The third-order valence-corrected chi connectivity index (χ3v) is 3.99. The van der Waals surface area contributed by atoms with E-state index < -0.39 is 17.8 Å². The molecule has 2 nitrogen and oxygen atoms in total. The molecule has 0 aliphatic heterocycles. The fraction of sp³-hybridized carbons (Fsp3) is 0.0952. The second-order valence-corrected chi connectivity index (χ2v) is 5.76. The van der Waals surface area contributed by atoms with Crippen molar-refractivity contribution in [2.75, 3.05) is 5.32 Å². The Balaban J connectivity index is 2.02. The van der Waals surface area contributed by atoms with Gasteiger partial charge < -0.3 is 5.32 Å². The summed E-state index contributed by atoms with van der Waals surface area (Å²) in [5, 5.41) is 2.80. The summed E-state index contributed by atoms with van der Waals surface area (Å²) in [7, 11) is 0. The van der Waals surface area contributed by atoms with E-state index in [4.69, 9.17) is 0 Å². The maximum atomic E-state index is 13.3. The van der Waals surface area contributed by atoms with Gasteiger partial charge in [0.2, 0.25) is 0 Å². The highest BCUT2D eigenvalue weighted by Gasteiger charge is 2.34. The van der Waals surface area contributed by atoms with Crippen LogP contribution in [0.2, 0.25) is 0 Å². The van der Waals surface area contributed by atoms with Crippen molar-refractivity contribution in [1.82, 2.24) is 0 Å². The number of carbonyl (C=O) groups is 1. The minimum Gasteiger partial charge on any atom is -0.371 e. The highest BCUT2D eigenvalue weighted by atomic mass is 19.4. The Morgan fingerprint density at radius 2 is 1.31 bits per heavy atom. The van der Waals surface area contributed by atoms with Gasteiger partial charge in [-0.1, -0.05) is 72.8 Å². The Morgan fingerprint density at radius 3 is 1.92 bits per heavy atom. The average molecular weight is 355 g/mol. The summed E-state index contributed by atoms with van der Waals surface area (Å²) < 4.78 is 39.9. The largest absolute Gasteiger partial charge is 0.418 e. The summed E-state index contributed by atoms with van der Waals surface area (Å²) >= 11 is 0. The second-order valence-electron chi connectivity index (χ2n) is 5.76. The summed E-state index contributed by atoms with van der Waals surface area (Å²) in [6.07, 6.45) is -4.51. The number of hydrogen-bond acceptors (Lipinski definition) is 2. The summed E-state index contributed by atoms with van der Waals surface area (Å²) in [4.78, 5) is 13.0. The van der Waals surface area contributed by atoms with Gasteiger partial charge in [0.15, 0.2) is 5.78 Å². The lowest BCUT2D eigenvalue weighted by molar-refractivity contribution is -0.137. The minimum absolute atomic E-state index is 0.127. The lowest BCUT2D eigenvalue weighted by Crippen LogP contribution is -2.23. The van der Waals surface area contributed by atoms with E-state index in [0.717, 1.165) is 6.07 Å². The monoisotopic (exact) mass is 355 g/mol. The molecule has 0 radical (unpaired) electrons. The number of rotatable bonds is 5. The zero-order valence-corrected chi connectivity index (χ0v) is 13.7. The molecule has 3 aromatic rings. The Bertz CT molecular complexity index is 877. The van der Waals surface area contributed by atoms with Gasteiger partial charge in [-0.25, -0.2) is 0 Å². The van der Waals surface area contributed by atoms with Crippen molar-refractivity contribution in [3.8, 4) is 0 Å². The van der Waals surface area contributed by atoms with Gasteiger partial charge in [-0.2, -0.15) is 13.2 Å². The summed E-state index contributed by atoms with van der Waals surface area (Å²) in [6.45, 7) is 0. The van der Waals surface area contributed by atoms with E-state index in [9.17, 15) is 18.0 Å². The van der Waals surface area contributed by atoms with Crippen molar-refractivity contribution < 1.29 is 18.0 Å². The first-order chi connectivity index (χ1) is 12.5. The number of alkyl halides is 3. The van der Waals surface area contributed by atoms with Crippen LogP contribution < -0.4 is 5.32 Å². The summed E-state index contributed by atoms with van der Waals surface area (Å²) in [5.41, 5.74) is 0.0941. The molecule has 0 aliphatic carbocycles. The second kappa shape index (κ2) is 7.44. The third-order valence-electron chi connectivity index (χ3n) is 3.99. The van der Waals surface area contributed by atoms with Gasteiger partial charge in [0.1, 0.15) is 6.04 Å². The SMILES string of the molecule is O=C(c1ccccc1)C(Nc1ccccc1C(F)(F)F)c1ccccc1. The maximum absolute atomic E-state index is 13.3. The van der Waals surface area contributed by atoms with Crippen LogP contribution in [-0.4, -0.2) is 5.78 Å². The van der Waals surface area contributed by atoms with Crippen molar-refractivity contribution in [3.05, 3.63) is 102 Å². The first-order valence-electron chi connectivity index (χ1n) is 8.04. The molecule has 1 N–H and O–H groups in total. The van der Waals surface area contributed by atoms with Gasteiger partial charge in [-0.05, 0) is 17.7 Å². The molecule has 0 bridgehead atoms. The van der Waals surface area contributed by atoms with E-state index >= 15 is 0 Å². The topological polar surface area (TPSA) is 29.1 Å². The summed E-state index contributed by atoms with van der Waals surface area (Å²) in [5.74, 6) is -0.297. The fourth-order valence-corrected chi connectivity index (χ4v) is 2.73. The van der Waals surface area contributed by atoms with Crippen LogP contribution in [0.25, 0.3) is 0 Å². The zero-order valence-electron chi connectivity index (χ0n) is 13.7. The molecule has 0 saturated carbocycles. The number of hydrogen-bond donors (Lipinski definition) is 1. The molecule has 3 aromatic carbocycles. The molecule has 0 spiro atoms. The van der Waals surface area contributed by atoms with Crippen LogP contribution in [-0.2, 0) is 6.18 Å². The number of halogens is 3. The lowest BCUT2D eigenvalue weighted by atomic mass is 9.96.